The van der Waals surface area contributed by atoms with Gasteiger partial charge in [-0.1, -0.05) is 6.92 Å². The third-order valence-corrected chi connectivity index (χ3v) is 4.24. The number of thiophene rings is 1. The molecule has 3 rings (SSSR count). The van der Waals surface area contributed by atoms with E-state index in [1.807, 2.05) is 29.6 Å². The number of ether oxygens (including phenoxy) is 1. The van der Waals surface area contributed by atoms with Gasteiger partial charge in [0.25, 0.3) is 0 Å². The van der Waals surface area contributed by atoms with Crippen molar-refractivity contribution in [3.8, 4) is 5.75 Å². The van der Waals surface area contributed by atoms with E-state index < -0.39 is 0 Å². The molecule has 1 aliphatic heterocycles. The fourth-order valence-corrected chi connectivity index (χ4v) is 3.23. The Balaban J connectivity index is 1.98. The summed E-state index contributed by atoms with van der Waals surface area (Å²) in [6, 6.07) is 7.79. The number of aryl methyl sites for hydroxylation is 1. The number of carbonyl (C=O) groups excluding carboxylic acids is 1. The maximum Gasteiger partial charge on any atom is 0.203 e. The van der Waals surface area contributed by atoms with E-state index in [0.717, 1.165) is 46.8 Å². The number of rotatable bonds is 3. The Hall–Kier alpha value is -1.61. The first-order chi connectivity index (χ1) is 8.79. The van der Waals surface area contributed by atoms with E-state index in [9.17, 15) is 4.79 Å². The van der Waals surface area contributed by atoms with Crippen molar-refractivity contribution in [2.75, 3.05) is 6.61 Å². The van der Waals surface area contributed by atoms with Crippen molar-refractivity contribution in [2.24, 2.45) is 0 Å². The molecule has 92 valence electrons. The molecule has 0 bridgehead atoms. The van der Waals surface area contributed by atoms with Gasteiger partial charge in [-0.25, -0.2) is 0 Å². The highest BCUT2D eigenvalue weighted by Gasteiger charge is 2.18. The Morgan fingerprint density at radius 3 is 3.11 bits per heavy atom. The standard InChI is InChI=1S/C15H14O2S/c1-2-10-6-8-18-15(10)14(16)12-3-4-13-11(9-12)5-7-17-13/h3-4,6,8-9H,2,5,7H2,1H3. The van der Waals surface area contributed by atoms with Gasteiger partial charge in [0.15, 0.2) is 0 Å². The van der Waals surface area contributed by atoms with Crippen LogP contribution in [0.3, 0.4) is 0 Å². The molecule has 1 aromatic carbocycles. The second-order valence-electron chi connectivity index (χ2n) is 4.38. The zero-order valence-corrected chi connectivity index (χ0v) is 11.0. The van der Waals surface area contributed by atoms with Gasteiger partial charge in [0.2, 0.25) is 5.78 Å². The van der Waals surface area contributed by atoms with E-state index in [2.05, 4.69) is 6.92 Å². The largest absolute Gasteiger partial charge is 0.493 e. The van der Waals surface area contributed by atoms with Gasteiger partial charge in [-0.2, -0.15) is 0 Å². The maximum atomic E-state index is 12.5. The molecule has 0 saturated carbocycles. The topological polar surface area (TPSA) is 26.3 Å². The quantitative estimate of drug-likeness (QED) is 0.788. The number of hydrogen-bond acceptors (Lipinski definition) is 3. The minimum absolute atomic E-state index is 0.136. The lowest BCUT2D eigenvalue weighted by Crippen LogP contribution is -2.02. The van der Waals surface area contributed by atoms with Crippen LogP contribution < -0.4 is 4.74 Å². The molecule has 0 saturated heterocycles. The Morgan fingerprint density at radius 1 is 1.39 bits per heavy atom. The maximum absolute atomic E-state index is 12.5. The zero-order chi connectivity index (χ0) is 12.5. The highest BCUT2D eigenvalue weighted by Crippen LogP contribution is 2.28. The van der Waals surface area contributed by atoms with Gasteiger partial charge < -0.3 is 4.74 Å². The smallest absolute Gasteiger partial charge is 0.203 e. The van der Waals surface area contributed by atoms with Crippen molar-refractivity contribution >= 4 is 17.1 Å². The lowest BCUT2D eigenvalue weighted by molar-refractivity contribution is 0.104. The van der Waals surface area contributed by atoms with Crippen LogP contribution in [-0.2, 0) is 12.8 Å². The van der Waals surface area contributed by atoms with Crippen LogP contribution in [0.5, 0.6) is 5.75 Å². The SMILES string of the molecule is CCc1ccsc1C(=O)c1ccc2c(c1)CCO2. The minimum atomic E-state index is 0.136. The van der Waals surface area contributed by atoms with Crippen LogP contribution >= 0.6 is 11.3 Å². The van der Waals surface area contributed by atoms with E-state index in [4.69, 9.17) is 4.74 Å². The van der Waals surface area contributed by atoms with Gasteiger partial charge >= 0.3 is 0 Å². The molecule has 0 unspecified atom stereocenters. The molecule has 0 N–H and O–H groups in total. The Bertz CT molecular complexity index is 598. The van der Waals surface area contributed by atoms with Crippen molar-refractivity contribution in [3.05, 3.63) is 51.2 Å². The summed E-state index contributed by atoms with van der Waals surface area (Å²) in [4.78, 5) is 13.3. The second kappa shape index (κ2) is 4.58. The molecule has 1 aliphatic rings. The first-order valence-electron chi connectivity index (χ1n) is 6.16. The Morgan fingerprint density at radius 2 is 2.28 bits per heavy atom. The van der Waals surface area contributed by atoms with Gasteiger partial charge in [-0.3, -0.25) is 4.79 Å². The number of hydrogen-bond donors (Lipinski definition) is 0. The number of carbonyl (C=O) groups is 1. The molecule has 0 spiro atoms. The summed E-state index contributed by atoms with van der Waals surface area (Å²) in [5.74, 6) is 1.06. The van der Waals surface area contributed by atoms with E-state index in [0.29, 0.717) is 0 Å². The van der Waals surface area contributed by atoms with Crippen LogP contribution in [0, 0.1) is 0 Å². The molecule has 0 atom stereocenters. The molecule has 1 aromatic heterocycles. The van der Waals surface area contributed by atoms with Gasteiger partial charge in [0.05, 0.1) is 11.5 Å². The lowest BCUT2D eigenvalue weighted by atomic mass is 10.0. The normalized spacial score (nSPS) is 13.2. The van der Waals surface area contributed by atoms with Gasteiger partial charge in [-0.05, 0) is 47.2 Å². The summed E-state index contributed by atoms with van der Waals surface area (Å²) in [7, 11) is 0. The average molecular weight is 258 g/mol. The molecule has 2 nitrogen and oxygen atoms in total. The highest BCUT2D eigenvalue weighted by molar-refractivity contribution is 7.12. The van der Waals surface area contributed by atoms with Crippen molar-refractivity contribution in [2.45, 2.75) is 19.8 Å². The fraction of sp³-hybridized carbons (Fsp3) is 0.267. The monoisotopic (exact) mass is 258 g/mol. The van der Waals surface area contributed by atoms with Crippen molar-refractivity contribution in [1.29, 1.82) is 0 Å². The summed E-state index contributed by atoms with van der Waals surface area (Å²) in [6.45, 7) is 2.81. The molecule has 0 fully saturated rings. The predicted molar refractivity (Wildman–Crippen MR) is 72.8 cm³/mol. The van der Waals surface area contributed by atoms with Gasteiger partial charge in [-0.15, -0.1) is 11.3 Å². The first-order valence-corrected chi connectivity index (χ1v) is 7.04. The Kier molecular flexibility index (Phi) is 2.92. The second-order valence-corrected chi connectivity index (χ2v) is 5.29. The van der Waals surface area contributed by atoms with E-state index in [1.54, 1.807) is 0 Å². The molecule has 2 aromatic rings. The summed E-state index contributed by atoms with van der Waals surface area (Å²) in [6.07, 6.45) is 1.81. The number of fused-ring (bicyclic) bond motifs is 1. The van der Waals surface area contributed by atoms with E-state index >= 15 is 0 Å². The van der Waals surface area contributed by atoms with Crippen LogP contribution in [0.2, 0.25) is 0 Å². The zero-order valence-electron chi connectivity index (χ0n) is 10.2. The van der Waals surface area contributed by atoms with Crippen molar-refractivity contribution < 1.29 is 9.53 Å². The molecule has 0 amide bonds. The molecule has 3 heteroatoms. The van der Waals surface area contributed by atoms with Gasteiger partial charge in [0, 0.05) is 12.0 Å². The van der Waals surface area contributed by atoms with Crippen LogP contribution in [0.25, 0.3) is 0 Å². The third kappa shape index (κ3) is 1.85. The minimum Gasteiger partial charge on any atom is -0.493 e. The van der Waals surface area contributed by atoms with Crippen LogP contribution in [-0.4, -0.2) is 12.4 Å². The third-order valence-electron chi connectivity index (χ3n) is 3.29. The van der Waals surface area contributed by atoms with Crippen LogP contribution in [0.4, 0.5) is 0 Å². The van der Waals surface area contributed by atoms with Crippen molar-refractivity contribution in [3.63, 3.8) is 0 Å². The van der Waals surface area contributed by atoms with Gasteiger partial charge in [0.1, 0.15) is 5.75 Å². The van der Waals surface area contributed by atoms with Crippen LogP contribution in [0.15, 0.2) is 29.6 Å². The summed E-state index contributed by atoms with van der Waals surface area (Å²) in [5, 5.41) is 1.99. The van der Waals surface area contributed by atoms with E-state index in [1.165, 1.54) is 11.3 Å². The molecular weight excluding hydrogens is 244 g/mol. The number of ketones is 1. The fourth-order valence-electron chi connectivity index (χ4n) is 2.27. The predicted octanol–water partition coefficient (Wildman–Crippen LogP) is 3.48. The van der Waals surface area contributed by atoms with Crippen molar-refractivity contribution in [1.82, 2.24) is 0 Å². The molecule has 0 aliphatic carbocycles. The average Bonchev–Trinajstić information content (AvgIpc) is 3.05. The highest BCUT2D eigenvalue weighted by atomic mass is 32.1. The van der Waals surface area contributed by atoms with E-state index in [-0.39, 0.29) is 5.78 Å². The van der Waals surface area contributed by atoms with Crippen LogP contribution in [0.1, 0.15) is 33.3 Å². The molecule has 0 radical (unpaired) electrons. The molecule has 2 heterocycles. The Labute approximate surface area is 110 Å². The number of benzene rings is 1. The summed E-state index contributed by atoms with van der Waals surface area (Å²) in [5.41, 5.74) is 3.06. The molecule has 18 heavy (non-hydrogen) atoms. The lowest BCUT2D eigenvalue weighted by Gasteiger charge is -2.04. The summed E-state index contributed by atoms with van der Waals surface area (Å²) >= 11 is 1.53. The first kappa shape index (κ1) is 11.5. The molecular formula is C15H14O2S. The summed E-state index contributed by atoms with van der Waals surface area (Å²) < 4.78 is 5.46.